The average molecular weight is 279 g/mol. The van der Waals surface area contributed by atoms with Crippen LogP contribution >= 0.6 is 11.6 Å². The third kappa shape index (κ3) is 1.63. The molecule has 3 aromatic rings. The Morgan fingerprint density at radius 2 is 2.05 bits per heavy atom. The molecule has 1 aliphatic rings. The number of halogens is 1. The van der Waals surface area contributed by atoms with Crippen molar-refractivity contribution in [2.24, 2.45) is 0 Å². The van der Waals surface area contributed by atoms with Gasteiger partial charge in [-0.25, -0.2) is 4.98 Å². The second kappa shape index (κ2) is 4.18. The third-order valence-electron chi connectivity index (χ3n) is 3.58. The second-order valence-corrected chi connectivity index (χ2v) is 4.97. The minimum Gasteiger partial charge on any atom is -0.381 e. The highest BCUT2D eigenvalue weighted by molar-refractivity contribution is 6.28. The van der Waals surface area contributed by atoms with E-state index in [9.17, 15) is 0 Å². The molecule has 1 aliphatic heterocycles. The number of hydrogen-bond donors (Lipinski definition) is 0. The fourth-order valence-electron chi connectivity index (χ4n) is 2.70. The molecule has 0 atom stereocenters. The molecule has 0 amide bonds. The molecule has 0 unspecified atom stereocenters. The first-order chi connectivity index (χ1) is 9.34. The molecule has 19 heavy (non-hydrogen) atoms. The number of hydrogen-bond acceptors (Lipinski definition) is 5. The van der Waals surface area contributed by atoms with E-state index in [2.05, 4.69) is 19.7 Å². The molecule has 3 aromatic heterocycles. The Kier molecular flexibility index (Phi) is 2.46. The Morgan fingerprint density at radius 1 is 1.21 bits per heavy atom. The van der Waals surface area contributed by atoms with Gasteiger partial charge >= 0.3 is 0 Å². The van der Waals surface area contributed by atoms with Crippen LogP contribution in [0.25, 0.3) is 22.1 Å². The molecule has 0 aromatic carbocycles. The van der Waals surface area contributed by atoms with Gasteiger partial charge in [0.1, 0.15) is 5.65 Å². The van der Waals surface area contributed by atoms with Gasteiger partial charge in [0, 0.05) is 25.5 Å². The lowest BCUT2D eigenvalue weighted by atomic mass is 10.1. The van der Waals surface area contributed by atoms with Crippen LogP contribution in [-0.2, 0) is 4.74 Å². The van der Waals surface area contributed by atoms with Crippen LogP contribution in [0, 0.1) is 0 Å². The van der Waals surface area contributed by atoms with Gasteiger partial charge in [-0.2, -0.15) is 4.98 Å². The number of nitrogens with zero attached hydrogens (tertiary/aromatic N) is 4. The predicted octanol–water partition coefficient (Wildman–Crippen LogP) is 2.58. The van der Waals surface area contributed by atoms with Crippen LogP contribution in [0.3, 0.4) is 0 Å². The first-order valence-electron chi connectivity index (χ1n) is 6.19. The second-order valence-electron chi connectivity index (χ2n) is 4.63. The standard InChI is InChI=1S/C12H11ClN4O2/c13-12-14-5-8-9-6-15-19-11(9)17(10(8)16-12)7-1-3-18-4-2-7/h5-7H,1-4H2. The van der Waals surface area contributed by atoms with Gasteiger partial charge in [0.2, 0.25) is 11.0 Å². The molecular weight excluding hydrogens is 268 g/mol. The Labute approximate surface area is 113 Å². The van der Waals surface area contributed by atoms with Crippen LogP contribution in [0.1, 0.15) is 18.9 Å². The highest BCUT2D eigenvalue weighted by atomic mass is 35.5. The molecule has 7 heteroatoms. The minimum atomic E-state index is 0.244. The molecule has 0 saturated carbocycles. The average Bonchev–Trinajstić information content (AvgIpc) is 2.99. The molecule has 6 nitrogen and oxygen atoms in total. The normalized spacial score (nSPS) is 17.5. The van der Waals surface area contributed by atoms with Crippen molar-refractivity contribution in [3.8, 4) is 0 Å². The molecule has 0 radical (unpaired) electrons. The lowest BCUT2D eigenvalue weighted by Crippen LogP contribution is -2.19. The number of rotatable bonds is 1. The highest BCUT2D eigenvalue weighted by Crippen LogP contribution is 2.34. The molecule has 1 saturated heterocycles. The summed E-state index contributed by atoms with van der Waals surface area (Å²) >= 11 is 5.92. The zero-order valence-corrected chi connectivity index (χ0v) is 10.8. The van der Waals surface area contributed by atoms with Gasteiger partial charge in [-0.15, -0.1) is 0 Å². The largest absolute Gasteiger partial charge is 0.381 e. The summed E-state index contributed by atoms with van der Waals surface area (Å²) in [6.45, 7) is 1.50. The van der Waals surface area contributed by atoms with E-state index in [4.69, 9.17) is 20.9 Å². The summed E-state index contributed by atoms with van der Waals surface area (Å²) in [5, 5.41) is 5.97. The molecule has 4 heterocycles. The van der Waals surface area contributed by atoms with Gasteiger partial charge in [0.15, 0.2) is 0 Å². The molecule has 1 fully saturated rings. The van der Waals surface area contributed by atoms with Crippen molar-refractivity contribution in [1.82, 2.24) is 19.7 Å². The van der Waals surface area contributed by atoms with Crippen LogP contribution in [-0.4, -0.2) is 32.9 Å². The minimum absolute atomic E-state index is 0.244. The van der Waals surface area contributed by atoms with Crippen LogP contribution in [0.2, 0.25) is 5.28 Å². The van der Waals surface area contributed by atoms with Crippen LogP contribution < -0.4 is 0 Å². The Morgan fingerprint density at radius 3 is 2.89 bits per heavy atom. The summed E-state index contributed by atoms with van der Waals surface area (Å²) in [5.41, 5.74) is 1.54. The molecule has 0 aliphatic carbocycles. The maximum Gasteiger partial charge on any atom is 0.241 e. The summed E-state index contributed by atoms with van der Waals surface area (Å²) in [5.74, 6) is 0. The predicted molar refractivity (Wildman–Crippen MR) is 69.2 cm³/mol. The Bertz CT molecular complexity index is 745. The fraction of sp³-hybridized carbons (Fsp3) is 0.417. The van der Waals surface area contributed by atoms with Crippen molar-refractivity contribution >= 4 is 33.7 Å². The van der Waals surface area contributed by atoms with Crippen molar-refractivity contribution in [2.75, 3.05) is 13.2 Å². The number of aromatic nitrogens is 4. The van der Waals surface area contributed by atoms with E-state index < -0.39 is 0 Å². The van der Waals surface area contributed by atoms with E-state index >= 15 is 0 Å². The van der Waals surface area contributed by atoms with Crippen LogP contribution in [0.15, 0.2) is 16.9 Å². The van der Waals surface area contributed by atoms with E-state index in [1.807, 2.05) is 0 Å². The van der Waals surface area contributed by atoms with Crippen molar-refractivity contribution < 1.29 is 9.26 Å². The Hall–Kier alpha value is -1.66. The topological polar surface area (TPSA) is 66.0 Å². The van der Waals surface area contributed by atoms with Crippen LogP contribution in [0.5, 0.6) is 0 Å². The van der Waals surface area contributed by atoms with Gasteiger partial charge < -0.3 is 9.26 Å². The molecule has 0 bridgehead atoms. The smallest absolute Gasteiger partial charge is 0.241 e. The monoisotopic (exact) mass is 278 g/mol. The highest BCUT2D eigenvalue weighted by Gasteiger charge is 2.24. The third-order valence-corrected chi connectivity index (χ3v) is 3.77. The van der Waals surface area contributed by atoms with Gasteiger partial charge in [-0.3, -0.25) is 4.57 Å². The van der Waals surface area contributed by atoms with Gasteiger partial charge in [-0.05, 0) is 24.4 Å². The van der Waals surface area contributed by atoms with Crippen LogP contribution in [0.4, 0.5) is 0 Å². The van der Waals surface area contributed by atoms with Gasteiger partial charge in [-0.1, -0.05) is 5.16 Å². The quantitative estimate of drug-likeness (QED) is 0.640. The summed E-state index contributed by atoms with van der Waals surface area (Å²) in [7, 11) is 0. The number of ether oxygens (including phenoxy) is 1. The van der Waals surface area contributed by atoms with Crippen molar-refractivity contribution in [3.63, 3.8) is 0 Å². The molecule has 0 spiro atoms. The van der Waals surface area contributed by atoms with E-state index in [-0.39, 0.29) is 5.28 Å². The maximum absolute atomic E-state index is 5.92. The molecule has 98 valence electrons. The van der Waals surface area contributed by atoms with Crippen molar-refractivity contribution in [3.05, 3.63) is 17.7 Å². The van der Waals surface area contributed by atoms with Gasteiger partial charge in [0.05, 0.1) is 17.0 Å². The van der Waals surface area contributed by atoms with Gasteiger partial charge in [0.25, 0.3) is 0 Å². The first kappa shape index (κ1) is 11.2. The van der Waals surface area contributed by atoms with E-state index in [1.54, 1.807) is 12.4 Å². The summed E-state index contributed by atoms with van der Waals surface area (Å²) in [4.78, 5) is 8.39. The number of fused-ring (bicyclic) bond motifs is 3. The molecule has 4 rings (SSSR count). The van der Waals surface area contributed by atoms with E-state index in [1.165, 1.54) is 0 Å². The maximum atomic E-state index is 5.92. The Balaban J connectivity index is 2.02. The summed E-state index contributed by atoms with van der Waals surface area (Å²) in [6, 6.07) is 0.299. The van der Waals surface area contributed by atoms with Crippen molar-refractivity contribution in [1.29, 1.82) is 0 Å². The van der Waals surface area contributed by atoms with E-state index in [0.717, 1.165) is 48.2 Å². The SMILES string of the molecule is Clc1ncc2c3cnoc3n(C3CCOCC3)c2n1. The molecular formula is C12H11ClN4O2. The zero-order valence-electron chi connectivity index (χ0n) is 10.0. The summed E-state index contributed by atoms with van der Waals surface area (Å²) in [6.07, 6.45) is 5.28. The molecule has 0 N–H and O–H groups in total. The first-order valence-corrected chi connectivity index (χ1v) is 6.57. The fourth-order valence-corrected chi connectivity index (χ4v) is 2.82. The lowest BCUT2D eigenvalue weighted by molar-refractivity contribution is 0.0707. The lowest BCUT2D eigenvalue weighted by Gasteiger charge is -2.23. The van der Waals surface area contributed by atoms with Crippen molar-refractivity contribution in [2.45, 2.75) is 18.9 Å². The zero-order chi connectivity index (χ0) is 12.8. The van der Waals surface area contributed by atoms with E-state index in [0.29, 0.717) is 6.04 Å². The summed E-state index contributed by atoms with van der Waals surface area (Å²) < 4.78 is 12.9.